The van der Waals surface area contributed by atoms with Crippen molar-refractivity contribution in [1.29, 1.82) is 0 Å². The first-order valence-corrected chi connectivity index (χ1v) is 10.1. The van der Waals surface area contributed by atoms with Gasteiger partial charge in [0.15, 0.2) is 5.58 Å². The van der Waals surface area contributed by atoms with E-state index in [4.69, 9.17) is 16.0 Å². The fourth-order valence-corrected chi connectivity index (χ4v) is 3.81. The van der Waals surface area contributed by atoms with Gasteiger partial charge in [-0.25, -0.2) is 4.98 Å². The molecule has 0 aliphatic rings. The van der Waals surface area contributed by atoms with Crippen LogP contribution in [0.3, 0.4) is 0 Å². The normalized spacial score (nSPS) is 11.8. The molecule has 154 valence electrons. The molecule has 7 heteroatoms. The zero-order valence-electron chi connectivity index (χ0n) is 17.3. The van der Waals surface area contributed by atoms with Crippen molar-refractivity contribution in [3.8, 4) is 22.7 Å². The topological polar surface area (TPSA) is 83.8 Å². The summed E-state index contributed by atoms with van der Waals surface area (Å²) in [6.45, 7) is 7.49. The Morgan fingerprint density at radius 1 is 1.23 bits per heavy atom. The molecule has 4 rings (SSSR count). The van der Waals surface area contributed by atoms with E-state index in [1.807, 2.05) is 45.0 Å². The van der Waals surface area contributed by atoms with E-state index < -0.39 is 0 Å². The van der Waals surface area contributed by atoms with Crippen molar-refractivity contribution >= 4 is 28.6 Å². The lowest BCUT2D eigenvalue weighted by atomic mass is 9.94. The molecule has 0 saturated carbocycles. The van der Waals surface area contributed by atoms with Crippen LogP contribution >= 0.6 is 11.6 Å². The van der Waals surface area contributed by atoms with E-state index in [-0.39, 0.29) is 11.4 Å². The van der Waals surface area contributed by atoms with Crippen molar-refractivity contribution in [2.24, 2.45) is 0 Å². The van der Waals surface area contributed by atoms with E-state index in [2.05, 4.69) is 32.6 Å². The number of aromatic nitrogens is 3. The third-order valence-corrected chi connectivity index (χ3v) is 5.35. The number of carbonyl (C=O) groups excluding carboxylic acids is 1. The number of H-pyrrole nitrogens is 1. The molecule has 0 saturated heterocycles. The Kier molecular flexibility index (Phi) is 5.12. The second-order valence-electron chi connectivity index (χ2n) is 8.19. The fourth-order valence-electron chi connectivity index (χ4n) is 3.65. The summed E-state index contributed by atoms with van der Waals surface area (Å²) < 4.78 is 5.97. The van der Waals surface area contributed by atoms with Crippen LogP contribution in [-0.4, -0.2) is 26.6 Å². The molecule has 2 heterocycles. The van der Waals surface area contributed by atoms with Gasteiger partial charge in [-0.15, -0.1) is 0 Å². The summed E-state index contributed by atoms with van der Waals surface area (Å²) >= 11 is 6.21. The molecule has 2 aromatic carbocycles. The Balaban J connectivity index is 1.63. The molecule has 0 bridgehead atoms. The zero-order chi connectivity index (χ0) is 21.5. The number of aryl methyl sites for hydroxylation is 1. The Labute approximate surface area is 179 Å². The van der Waals surface area contributed by atoms with E-state index in [9.17, 15) is 4.79 Å². The van der Waals surface area contributed by atoms with Gasteiger partial charge in [0.05, 0.1) is 17.5 Å². The van der Waals surface area contributed by atoms with Gasteiger partial charge in [0.1, 0.15) is 5.52 Å². The lowest BCUT2D eigenvalue weighted by Gasteiger charge is -2.25. The first-order valence-electron chi connectivity index (χ1n) is 9.70. The summed E-state index contributed by atoms with van der Waals surface area (Å²) in [5, 5.41) is 10.9. The molecule has 0 radical (unpaired) electrons. The molecule has 0 unspecified atom stereocenters. The number of aromatic amines is 1. The highest BCUT2D eigenvalue weighted by Crippen LogP contribution is 2.33. The van der Waals surface area contributed by atoms with Crippen LogP contribution in [0.25, 0.3) is 33.8 Å². The van der Waals surface area contributed by atoms with E-state index in [0.29, 0.717) is 22.0 Å². The smallest absolute Gasteiger partial charge is 0.231 e. The predicted octanol–water partition coefficient (Wildman–Crippen LogP) is 5.30. The molecule has 2 aromatic heterocycles. The van der Waals surface area contributed by atoms with Crippen LogP contribution in [-0.2, 0) is 11.2 Å². The summed E-state index contributed by atoms with van der Waals surface area (Å²) in [4.78, 5) is 16.0. The van der Waals surface area contributed by atoms with E-state index in [1.54, 1.807) is 6.20 Å². The number of amides is 1. The Morgan fingerprint density at radius 3 is 2.67 bits per heavy atom. The van der Waals surface area contributed by atoms with Crippen LogP contribution < -0.4 is 5.32 Å². The van der Waals surface area contributed by atoms with Crippen molar-refractivity contribution < 1.29 is 9.21 Å². The number of oxazole rings is 1. The minimum absolute atomic E-state index is 0.0338. The lowest BCUT2D eigenvalue weighted by Crippen LogP contribution is -2.43. The van der Waals surface area contributed by atoms with Crippen molar-refractivity contribution in [2.75, 3.05) is 0 Å². The van der Waals surface area contributed by atoms with Crippen LogP contribution in [0, 0.1) is 6.92 Å². The van der Waals surface area contributed by atoms with Gasteiger partial charge in [0.25, 0.3) is 0 Å². The molecule has 0 atom stereocenters. The maximum Gasteiger partial charge on any atom is 0.231 e. The van der Waals surface area contributed by atoms with Gasteiger partial charge >= 0.3 is 0 Å². The molecule has 4 aromatic rings. The number of benzene rings is 2. The summed E-state index contributed by atoms with van der Waals surface area (Å²) in [5.74, 6) is 0.458. The Hall–Kier alpha value is -3.12. The third-order valence-electron chi connectivity index (χ3n) is 4.94. The van der Waals surface area contributed by atoms with Gasteiger partial charge in [-0.3, -0.25) is 9.89 Å². The fraction of sp³-hybridized carbons (Fsp3) is 0.261. The maximum absolute atomic E-state index is 11.4. The quantitative estimate of drug-likeness (QED) is 0.456. The second-order valence-corrected chi connectivity index (χ2v) is 8.59. The van der Waals surface area contributed by atoms with Crippen molar-refractivity contribution in [1.82, 2.24) is 20.5 Å². The van der Waals surface area contributed by atoms with E-state index in [1.165, 1.54) is 6.92 Å². The monoisotopic (exact) mass is 422 g/mol. The summed E-state index contributed by atoms with van der Waals surface area (Å²) in [5.41, 5.74) is 5.74. The summed E-state index contributed by atoms with van der Waals surface area (Å²) in [7, 11) is 0. The first-order chi connectivity index (χ1) is 14.2. The number of hydrogen-bond donors (Lipinski definition) is 2. The van der Waals surface area contributed by atoms with Gasteiger partial charge in [-0.2, -0.15) is 5.10 Å². The number of halogens is 1. The highest BCUT2D eigenvalue weighted by molar-refractivity contribution is 6.32. The van der Waals surface area contributed by atoms with Gasteiger partial charge in [-0.1, -0.05) is 35.9 Å². The van der Waals surface area contributed by atoms with Crippen molar-refractivity contribution in [3.63, 3.8) is 0 Å². The standard InChI is InChI=1S/C23H23ClN4O2/c1-13-9-20-19(10-18(13)24)26-22(30-20)17-12-25-28-21(17)16-7-5-15(6-8-16)11-23(3,4)27-14(2)29/h5-10,12H,11H2,1-4H3,(H,25,28)(H,27,29). The summed E-state index contributed by atoms with van der Waals surface area (Å²) in [6.07, 6.45) is 2.44. The molecule has 0 aliphatic carbocycles. The Morgan fingerprint density at radius 2 is 1.97 bits per heavy atom. The van der Waals surface area contributed by atoms with E-state index >= 15 is 0 Å². The Bertz CT molecular complexity index is 1180. The van der Waals surface area contributed by atoms with Crippen molar-refractivity contribution in [2.45, 2.75) is 39.7 Å². The third kappa shape index (κ3) is 4.09. The molecule has 6 nitrogen and oxygen atoms in total. The number of fused-ring (bicyclic) bond motifs is 1. The second kappa shape index (κ2) is 7.61. The van der Waals surface area contributed by atoms with Crippen LogP contribution in [0.15, 0.2) is 47.0 Å². The molecule has 2 N–H and O–H groups in total. The predicted molar refractivity (Wildman–Crippen MR) is 118 cm³/mol. The SMILES string of the molecule is CC(=O)NC(C)(C)Cc1ccc(-c2[nH]ncc2-c2nc3cc(Cl)c(C)cc3o2)cc1. The van der Waals surface area contributed by atoms with Gasteiger partial charge in [-0.05, 0) is 50.5 Å². The van der Waals surface area contributed by atoms with Crippen LogP contribution in [0.5, 0.6) is 0 Å². The largest absolute Gasteiger partial charge is 0.436 e. The highest BCUT2D eigenvalue weighted by Gasteiger charge is 2.20. The highest BCUT2D eigenvalue weighted by atomic mass is 35.5. The molecule has 0 fully saturated rings. The molecule has 0 aliphatic heterocycles. The lowest BCUT2D eigenvalue weighted by molar-refractivity contribution is -0.120. The minimum Gasteiger partial charge on any atom is -0.436 e. The number of nitrogens with zero attached hydrogens (tertiary/aromatic N) is 2. The van der Waals surface area contributed by atoms with Gasteiger partial charge in [0.2, 0.25) is 11.8 Å². The van der Waals surface area contributed by atoms with Crippen LogP contribution in [0.1, 0.15) is 31.9 Å². The average molecular weight is 423 g/mol. The average Bonchev–Trinajstić information content (AvgIpc) is 3.28. The van der Waals surface area contributed by atoms with Crippen LogP contribution in [0.2, 0.25) is 5.02 Å². The number of rotatable bonds is 5. The molecule has 1 amide bonds. The molecular formula is C23H23ClN4O2. The number of hydrogen-bond acceptors (Lipinski definition) is 4. The van der Waals surface area contributed by atoms with Gasteiger partial charge in [0, 0.05) is 23.0 Å². The molecule has 30 heavy (non-hydrogen) atoms. The van der Waals surface area contributed by atoms with E-state index in [0.717, 1.165) is 34.4 Å². The minimum atomic E-state index is -0.315. The van der Waals surface area contributed by atoms with Crippen LogP contribution in [0.4, 0.5) is 0 Å². The first kappa shape index (κ1) is 20.2. The maximum atomic E-state index is 11.4. The number of carbonyl (C=O) groups is 1. The summed E-state index contributed by atoms with van der Waals surface area (Å²) in [6, 6.07) is 11.9. The zero-order valence-corrected chi connectivity index (χ0v) is 18.1. The number of nitrogens with one attached hydrogen (secondary N) is 2. The molecule has 0 spiro atoms. The van der Waals surface area contributed by atoms with Gasteiger partial charge < -0.3 is 9.73 Å². The molecular weight excluding hydrogens is 400 g/mol. The van der Waals surface area contributed by atoms with Crippen molar-refractivity contribution in [3.05, 3.63) is 58.7 Å².